The first kappa shape index (κ1) is 20.2. The lowest BCUT2D eigenvalue weighted by Gasteiger charge is -2.13. The van der Waals surface area contributed by atoms with Gasteiger partial charge in [-0.05, 0) is 50.1 Å². The first-order valence-corrected chi connectivity index (χ1v) is 8.59. The number of aryl methyl sites for hydroxylation is 2. The molecule has 0 aliphatic rings. The molecule has 0 bridgehead atoms. The van der Waals surface area contributed by atoms with Crippen molar-refractivity contribution in [2.45, 2.75) is 27.2 Å². The number of carbonyl (C=O) groups excluding carboxylic acids is 2. The van der Waals surface area contributed by atoms with Crippen LogP contribution in [-0.4, -0.2) is 39.2 Å². The van der Waals surface area contributed by atoms with Crippen LogP contribution in [0.4, 0.5) is 5.69 Å². The molecule has 8 nitrogen and oxygen atoms in total. The molecular weight excluding hydrogens is 348 g/mol. The highest BCUT2D eigenvalue weighted by Gasteiger charge is 2.18. The molecule has 2 aromatic rings. The molecule has 2 amide bonds. The Balaban J connectivity index is 1.96. The van der Waals surface area contributed by atoms with E-state index in [9.17, 15) is 14.4 Å². The van der Waals surface area contributed by atoms with Crippen LogP contribution >= 0.6 is 0 Å². The van der Waals surface area contributed by atoms with Gasteiger partial charge in [0.15, 0.2) is 0 Å². The lowest BCUT2D eigenvalue weighted by molar-refractivity contribution is -0.135. The van der Waals surface area contributed by atoms with Crippen molar-refractivity contribution < 1.29 is 19.5 Å². The van der Waals surface area contributed by atoms with Crippen LogP contribution < -0.4 is 10.6 Å². The number of amides is 2. The Morgan fingerprint density at radius 3 is 2.33 bits per heavy atom. The number of benzene rings is 1. The number of nitrogens with one attached hydrogen (secondary N) is 2. The fraction of sp³-hybridized carbons (Fsp3) is 0.368. The summed E-state index contributed by atoms with van der Waals surface area (Å²) in [5.74, 6) is -1.96. The van der Waals surface area contributed by atoms with E-state index in [-0.39, 0.29) is 11.8 Å². The van der Waals surface area contributed by atoms with E-state index in [2.05, 4.69) is 15.7 Å². The fourth-order valence-corrected chi connectivity index (χ4v) is 2.74. The fourth-order valence-electron chi connectivity index (χ4n) is 2.74. The molecule has 1 atom stereocenters. The van der Waals surface area contributed by atoms with Gasteiger partial charge in [-0.1, -0.05) is 6.92 Å². The largest absolute Gasteiger partial charge is 0.480 e. The third-order valence-electron chi connectivity index (χ3n) is 4.43. The molecular formula is C19H24N4O4. The second kappa shape index (κ2) is 8.48. The Morgan fingerprint density at radius 1 is 1.19 bits per heavy atom. The number of nitrogens with zero attached hydrogens (tertiary/aromatic N) is 2. The Morgan fingerprint density at radius 2 is 1.81 bits per heavy atom. The van der Waals surface area contributed by atoms with E-state index in [1.807, 2.05) is 32.5 Å². The second-order valence-corrected chi connectivity index (χ2v) is 6.52. The molecule has 3 N–H and O–H groups in total. The summed E-state index contributed by atoms with van der Waals surface area (Å²) in [6, 6.07) is 6.29. The zero-order chi connectivity index (χ0) is 20.1. The Labute approximate surface area is 157 Å². The summed E-state index contributed by atoms with van der Waals surface area (Å²) in [5, 5.41) is 18.1. The Kier molecular flexibility index (Phi) is 6.33. The van der Waals surface area contributed by atoms with Crippen LogP contribution in [0.3, 0.4) is 0 Å². The van der Waals surface area contributed by atoms with Crippen molar-refractivity contribution in [1.82, 2.24) is 15.1 Å². The molecule has 1 heterocycles. The van der Waals surface area contributed by atoms with Crippen LogP contribution in [0.25, 0.3) is 0 Å². The summed E-state index contributed by atoms with van der Waals surface area (Å²) in [5.41, 5.74) is 3.94. The van der Waals surface area contributed by atoms with Gasteiger partial charge in [0.1, 0.15) is 6.54 Å². The van der Waals surface area contributed by atoms with Crippen molar-refractivity contribution in [2.24, 2.45) is 13.0 Å². The molecule has 0 aliphatic heterocycles. The van der Waals surface area contributed by atoms with Gasteiger partial charge in [-0.3, -0.25) is 19.1 Å². The molecule has 144 valence electrons. The second-order valence-electron chi connectivity index (χ2n) is 6.52. The monoisotopic (exact) mass is 372 g/mol. The lowest BCUT2D eigenvalue weighted by atomic mass is 9.98. The van der Waals surface area contributed by atoms with Crippen LogP contribution in [-0.2, 0) is 23.1 Å². The quantitative estimate of drug-likeness (QED) is 0.684. The normalized spacial score (nSPS) is 11.7. The maximum Gasteiger partial charge on any atom is 0.322 e. The van der Waals surface area contributed by atoms with Gasteiger partial charge < -0.3 is 15.7 Å². The average molecular weight is 372 g/mol. The van der Waals surface area contributed by atoms with Crippen LogP contribution in [0.1, 0.15) is 34.2 Å². The summed E-state index contributed by atoms with van der Waals surface area (Å²) >= 11 is 0. The summed E-state index contributed by atoms with van der Waals surface area (Å²) in [4.78, 5) is 34.7. The van der Waals surface area contributed by atoms with Crippen LogP contribution in [0.15, 0.2) is 24.3 Å². The van der Waals surface area contributed by atoms with E-state index in [0.717, 1.165) is 17.0 Å². The first-order valence-electron chi connectivity index (χ1n) is 8.59. The number of hydrogen-bond donors (Lipinski definition) is 3. The molecule has 2 rings (SSSR count). The zero-order valence-corrected chi connectivity index (χ0v) is 15.9. The minimum atomic E-state index is -1.11. The number of aromatic nitrogens is 2. The topological polar surface area (TPSA) is 113 Å². The van der Waals surface area contributed by atoms with Crippen LogP contribution in [0.5, 0.6) is 0 Å². The van der Waals surface area contributed by atoms with E-state index in [4.69, 9.17) is 5.11 Å². The van der Waals surface area contributed by atoms with Gasteiger partial charge in [-0.2, -0.15) is 5.10 Å². The van der Waals surface area contributed by atoms with Crippen LogP contribution in [0.2, 0.25) is 0 Å². The minimum Gasteiger partial charge on any atom is -0.480 e. The highest BCUT2D eigenvalue weighted by molar-refractivity contribution is 5.97. The van der Waals surface area contributed by atoms with E-state index >= 15 is 0 Å². The molecule has 0 spiro atoms. The third-order valence-corrected chi connectivity index (χ3v) is 4.43. The number of carboxylic acids is 1. The number of anilines is 1. The summed E-state index contributed by atoms with van der Waals surface area (Å²) in [6.07, 6.45) is 0.590. The van der Waals surface area contributed by atoms with Gasteiger partial charge in [0, 0.05) is 29.9 Å². The SMILES string of the molecule is Cc1nn(C)c(C)c1CC(C)C(=O)Nc1ccc(C(=O)NCC(=O)O)cc1. The number of rotatable bonds is 7. The molecule has 1 unspecified atom stereocenters. The summed E-state index contributed by atoms with van der Waals surface area (Å²) in [7, 11) is 1.88. The molecule has 1 aromatic carbocycles. The van der Waals surface area contributed by atoms with E-state index < -0.39 is 18.4 Å². The van der Waals surface area contributed by atoms with Gasteiger partial charge in [0.2, 0.25) is 5.91 Å². The lowest BCUT2D eigenvalue weighted by Crippen LogP contribution is -2.29. The van der Waals surface area contributed by atoms with Crippen LogP contribution in [0, 0.1) is 19.8 Å². The zero-order valence-electron chi connectivity index (χ0n) is 15.9. The van der Waals surface area contributed by atoms with Crippen molar-refractivity contribution in [3.63, 3.8) is 0 Å². The predicted octanol–water partition coefficient (Wildman–Crippen LogP) is 1.67. The maximum absolute atomic E-state index is 12.5. The summed E-state index contributed by atoms with van der Waals surface area (Å²) < 4.78 is 1.81. The van der Waals surface area contributed by atoms with Gasteiger partial charge in [0.05, 0.1) is 5.69 Å². The first-order chi connectivity index (χ1) is 12.7. The number of carboxylic acid groups (broad SMARTS) is 1. The molecule has 1 aromatic heterocycles. The smallest absolute Gasteiger partial charge is 0.322 e. The average Bonchev–Trinajstić information content (AvgIpc) is 2.86. The number of carbonyl (C=O) groups is 3. The van der Waals surface area contributed by atoms with E-state index in [1.54, 1.807) is 12.1 Å². The molecule has 27 heavy (non-hydrogen) atoms. The van der Waals surface area contributed by atoms with Gasteiger partial charge in [-0.15, -0.1) is 0 Å². The van der Waals surface area contributed by atoms with Gasteiger partial charge in [0.25, 0.3) is 5.91 Å². The molecule has 0 saturated carbocycles. The van der Waals surface area contributed by atoms with Crippen molar-refractivity contribution >= 4 is 23.5 Å². The summed E-state index contributed by atoms with van der Waals surface area (Å²) in [6.45, 7) is 5.33. The van der Waals surface area contributed by atoms with Crippen molar-refractivity contribution in [3.8, 4) is 0 Å². The number of hydrogen-bond acceptors (Lipinski definition) is 4. The minimum absolute atomic E-state index is 0.124. The van der Waals surface area contributed by atoms with Gasteiger partial charge in [-0.25, -0.2) is 0 Å². The highest BCUT2D eigenvalue weighted by Crippen LogP contribution is 2.18. The molecule has 0 aliphatic carbocycles. The van der Waals surface area contributed by atoms with E-state index in [0.29, 0.717) is 17.7 Å². The maximum atomic E-state index is 12.5. The standard InChI is InChI=1S/C19H24N4O4/c1-11(9-16-12(2)22-23(4)13(16)3)18(26)21-15-7-5-14(6-8-15)19(27)20-10-17(24)25/h5-8,11H,9-10H2,1-4H3,(H,20,27)(H,21,26)(H,24,25). The van der Waals surface area contributed by atoms with Crippen molar-refractivity contribution in [1.29, 1.82) is 0 Å². The molecule has 0 radical (unpaired) electrons. The van der Waals surface area contributed by atoms with Crippen molar-refractivity contribution in [2.75, 3.05) is 11.9 Å². The highest BCUT2D eigenvalue weighted by atomic mass is 16.4. The molecule has 8 heteroatoms. The predicted molar refractivity (Wildman–Crippen MR) is 101 cm³/mol. The van der Waals surface area contributed by atoms with E-state index in [1.165, 1.54) is 12.1 Å². The molecule has 0 saturated heterocycles. The van der Waals surface area contributed by atoms with Crippen molar-refractivity contribution in [3.05, 3.63) is 46.8 Å². The Bertz CT molecular complexity index is 855. The number of aliphatic carboxylic acids is 1. The third kappa shape index (κ3) is 5.16. The molecule has 0 fully saturated rings. The van der Waals surface area contributed by atoms with Gasteiger partial charge >= 0.3 is 5.97 Å². The Hall–Kier alpha value is -3.16.